The fourth-order valence-electron chi connectivity index (χ4n) is 1.89. The number of non-ortho nitro benzene ring substituents is 1. The van der Waals surface area contributed by atoms with Crippen LogP contribution in [0.25, 0.3) is 0 Å². The summed E-state index contributed by atoms with van der Waals surface area (Å²) in [7, 11) is 1.43. The molecule has 0 radical (unpaired) electrons. The average Bonchev–Trinajstić information content (AvgIpc) is 2.49. The van der Waals surface area contributed by atoms with E-state index in [-0.39, 0.29) is 17.8 Å². The van der Waals surface area contributed by atoms with Crippen LogP contribution in [0.5, 0.6) is 5.75 Å². The van der Waals surface area contributed by atoms with Gasteiger partial charge in [-0.05, 0) is 17.7 Å². The molecule has 1 amide bonds. The number of ether oxygens (including phenoxy) is 1. The van der Waals surface area contributed by atoms with Gasteiger partial charge < -0.3 is 10.1 Å². The van der Waals surface area contributed by atoms with Crippen LogP contribution in [-0.2, 0) is 11.2 Å². The van der Waals surface area contributed by atoms with Gasteiger partial charge in [0.1, 0.15) is 11.6 Å². The quantitative estimate of drug-likeness (QED) is 0.680. The molecule has 2 aromatic rings. The number of benzene rings is 2. The molecule has 6 nitrogen and oxygen atoms in total. The molecule has 0 spiro atoms. The van der Waals surface area contributed by atoms with Crippen LogP contribution < -0.4 is 10.1 Å². The number of amides is 1. The molecule has 0 saturated carbocycles. The highest BCUT2D eigenvalue weighted by atomic mass is 19.1. The first kappa shape index (κ1) is 15.4. The maximum atomic E-state index is 13.6. The lowest BCUT2D eigenvalue weighted by atomic mass is 10.1. The Kier molecular flexibility index (Phi) is 4.67. The van der Waals surface area contributed by atoms with Crippen LogP contribution >= 0.6 is 0 Å². The standard InChI is InChI=1S/C15H13FN2O4/c1-22-12-5-6-13(16)14(9-12)17-15(19)8-10-3-2-4-11(7-10)18(20)21/h2-7,9H,8H2,1H3,(H,17,19). The zero-order valence-corrected chi connectivity index (χ0v) is 11.7. The number of hydrogen-bond donors (Lipinski definition) is 1. The van der Waals surface area contributed by atoms with E-state index in [1.807, 2.05) is 0 Å². The Bertz CT molecular complexity index is 718. The van der Waals surface area contributed by atoms with Crippen molar-refractivity contribution in [2.45, 2.75) is 6.42 Å². The van der Waals surface area contributed by atoms with E-state index >= 15 is 0 Å². The Morgan fingerprint density at radius 2 is 2.09 bits per heavy atom. The smallest absolute Gasteiger partial charge is 0.269 e. The predicted octanol–water partition coefficient (Wildman–Crippen LogP) is 2.92. The summed E-state index contributed by atoms with van der Waals surface area (Å²) in [5.74, 6) is -0.659. The van der Waals surface area contributed by atoms with Gasteiger partial charge in [0, 0.05) is 18.2 Å². The topological polar surface area (TPSA) is 81.5 Å². The van der Waals surface area contributed by atoms with Gasteiger partial charge in [-0.3, -0.25) is 14.9 Å². The monoisotopic (exact) mass is 304 g/mol. The van der Waals surface area contributed by atoms with Gasteiger partial charge in [0.15, 0.2) is 0 Å². The number of carbonyl (C=O) groups is 1. The molecule has 0 aliphatic carbocycles. The van der Waals surface area contributed by atoms with Crippen molar-refractivity contribution >= 4 is 17.3 Å². The number of hydrogen-bond acceptors (Lipinski definition) is 4. The number of nitro benzene ring substituents is 1. The van der Waals surface area contributed by atoms with Gasteiger partial charge in [-0.2, -0.15) is 0 Å². The summed E-state index contributed by atoms with van der Waals surface area (Å²) >= 11 is 0. The molecule has 7 heteroatoms. The Balaban J connectivity index is 2.10. The van der Waals surface area contributed by atoms with Crippen molar-refractivity contribution in [2.75, 3.05) is 12.4 Å². The van der Waals surface area contributed by atoms with E-state index in [9.17, 15) is 19.3 Å². The molecule has 114 valence electrons. The summed E-state index contributed by atoms with van der Waals surface area (Å²) in [4.78, 5) is 22.1. The first-order chi connectivity index (χ1) is 10.5. The van der Waals surface area contributed by atoms with Crippen molar-refractivity contribution in [3.05, 3.63) is 64.0 Å². The lowest BCUT2D eigenvalue weighted by Crippen LogP contribution is -2.15. The molecule has 0 bridgehead atoms. The van der Waals surface area contributed by atoms with E-state index < -0.39 is 16.6 Å². The van der Waals surface area contributed by atoms with Gasteiger partial charge >= 0.3 is 0 Å². The first-order valence-corrected chi connectivity index (χ1v) is 6.36. The zero-order chi connectivity index (χ0) is 16.1. The fraction of sp³-hybridized carbons (Fsp3) is 0.133. The third kappa shape index (κ3) is 3.78. The number of nitrogens with zero attached hydrogens (tertiary/aromatic N) is 1. The number of nitrogens with one attached hydrogen (secondary N) is 1. The number of carbonyl (C=O) groups excluding carboxylic acids is 1. The van der Waals surface area contributed by atoms with Crippen LogP contribution in [0.4, 0.5) is 15.8 Å². The maximum absolute atomic E-state index is 13.6. The van der Waals surface area contributed by atoms with E-state index in [1.54, 1.807) is 6.07 Å². The van der Waals surface area contributed by atoms with Crippen LogP contribution in [0.1, 0.15) is 5.56 Å². The van der Waals surface area contributed by atoms with Gasteiger partial charge in [0.25, 0.3) is 5.69 Å². The van der Waals surface area contributed by atoms with Gasteiger partial charge in [-0.25, -0.2) is 4.39 Å². The molecule has 0 unspecified atom stereocenters. The summed E-state index contributed by atoms with van der Waals surface area (Å²) in [5.41, 5.74) is 0.364. The predicted molar refractivity (Wildman–Crippen MR) is 78.4 cm³/mol. The summed E-state index contributed by atoms with van der Waals surface area (Å²) in [6, 6.07) is 9.71. The molecule has 22 heavy (non-hydrogen) atoms. The molecule has 2 rings (SSSR count). The van der Waals surface area contributed by atoms with Crippen molar-refractivity contribution in [2.24, 2.45) is 0 Å². The summed E-state index contributed by atoms with van der Waals surface area (Å²) in [6.07, 6.45) is -0.0989. The van der Waals surface area contributed by atoms with Crippen LogP contribution in [-0.4, -0.2) is 17.9 Å². The Morgan fingerprint density at radius 1 is 1.32 bits per heavy atom. The Hall–Kier alpha value is -2.96. The number of rotatable bonds is 5. The molecular formula is C15H13FN2O4. The second-order valence-corrected chi connectivity index (χ2v) is 4.50. The van der Waals surface area contributed by atoms with Crippen molar-refractivity contribution in [3.63, 3.8) is 0 Å². The zero-order valence-electron chi connectivity index (χ0n) is 11.7. The molecule has 0 atom stereocenters. The molecule has 0 aliphatic rings. The highest BCUT2D eigenvalue weighted by molar-refractivity contribution is 5.92. The van der Waals surface area contributed by atoms with Crippen molar-refractivity contribution in [1.82, 2.24) is 0 Å². The minimum absolute atomic E-state index is 0.00483. The Labute approximate surface area is 125 Å². The number of methoxy groups -OCH3 is 1. The highest BCUT2D eigenvalue weighted by Gasteiger charge is 2.11. The molecule has 1 N–H and O–H groups in total. The van der Waals surface area contributed by atoms with Gasteiger partial charge in [-0.1, -0.05) is 12.1 Å². The van der Waals surface area contributed by atoms with Gasteiger partial charge in [0.2, 0.25) is 5.91 Å². The molecule has 0 aliphatic heterocycles. The second-order valence-electron chi connectivity index (χ2n) is 4.50. The van der Waals surface area contributed by atoms with Gasteiger partial charge in [0.05, 0.1) is 24.1 Å². The van der Waals surface area contributed by atoms with Gasteiger partial charge in [-0.15, -0.1) is 0 Å². The number of halogens is 1. The van der Waals surface area contributed by atoms with Crippen LogP contribution in [0, 0.1) is 15.9 Å². The van der Waals surface area contributed by atoms with E-state index in [4.69, 9.17) is 4.74 Å². The fourth-order valence-corrected chi connectivity index (χ4v) is 1.89. The third-order valence-corrected chi connectivity index (χ3v) is 2.93. The van der Waals surface area contributed by atoms with E-state index in [0.29, 0.717) is 11.3 Å². The van der Waals surface area contributed by atoms with Crippen molar-refractivity contribution in [1.29, 1.82) is 0 Å². The second kappa shape index (κ2) is 6.66. The third-order valence-electron chi connectivity index (χ3n) is 2.93. The maximum Gasteiger partial charge on any atom is 0.269 e. The molecular weight excluding hydrogens is 291 g/mol. The van der Waals surface area contributed by atoms with Crippen LogP contribution in [0.15, 0.2) is 42.5 Å². The average molecular weight is 304 g/mol. The summed E-state index contributed by atoms with van der Waals surface area (Å²) in [6.45, 7) is 0. The minimum atomic E-state index is -0.590. The summed E-state index contributed by atoms with van der Waals surface area (Å²) < 4.78 is 18.6. The molecule has 0 heterocycles. The number of nitro groups is 1. The molecule has 0 aromatic heterocycles. The largest absolute Gasteiger partial charge is 0.497 e. The molecule has 0 saturated heterocycles. The first-order valence-electron chi connectivity index (χ1n) is 6.36. The highest BCUT2D eigenvalue weighted by Crippen LogP contribution is 2.21. The van der Waals surface area contributed by atoms with E-state index in [0.717, 1.165) is 0 Å². The SMILES string of the molecule is COc1ccc(F)c(NC(=O)Cc2cccc([N+](=O)[O-])c2)c1. The van der Waals surface area contributed by atoms with E-state index in [1.165, 1.54) is 43.5 Å². The normalized spacial score (nSPS) is 10.1. The molecule has 0 fully saturated rings. The van der Waals surface area contributed by atoms with Crippen LogP contribution in [0.2, 0.25) is 0 Å². The summed E-state index contributed by atoms with van der Waals surface area (Å²) in [5, 5.41) is 13.1. The Morgan fingerprint density at radius 3 is 2.77 bits per heavy atom. The number of anilines is 1. The lowest BCUT2D eigenvalue weighted by molar-refractivity contribution is -0.384. The van der Waals surface area contributed by atoms with Crippen molar-refractivity contribution < 1.29 is 18.8 Å². The van der Waals surface area contributed by atoms with Crippen molar-refractivity contribution in [3.8, 4) is 5.75 Å². The van der Waals surface area contributed by atoms with E-state index in [2.05, 4.69) is 5.32 Å². The van der Waals surface area contributed by atoms with Crippen LogP contribution in [0.3, 0.4) is 0 Å². The minimum Gasteiger partial charge on any atom is -0.497 e. The lowest BCUT2D eigenvalue weighted by Gasteiger charge is -2.08. The molecule has 2 aromatic carbocycles.